The molecule has 1 heterocycles. The molecular weight excluding hydrogens is 395 g/mol. The maximum Gasteiger partial charge on any atom is 0.412 e. The third kappa shape index (κ3) is 4.63. The first-order valence-corrected chi connectivity index (χ1v) is 8.83. The lowest BCUT2D eigenvalue weighted by Crippen LogP contribution is -2.39. The van der Waals surface area contributed by atoms with Gasteiger partial charge in [0.05, 0.1) is 15.7 Å². The molecule has 3 N–H and O–H groups in total. The van der Waals surface area contributed by atoms with Crippen molar-refractivity contribution in [2.45, 2.75) is 25.6 Å². The van der Waals surface area contributed by atoms with Crippen LogP contribution in [0, 0.1) is 0 Å². The minimum atomic E-state index is -0.835. The van der Waals surface area contributed by atoms with Gasteiger partial charge < -0.3 is 9.47 Å². The predicted molar refractivity (Wildman–Crippen MR) is 99.4 cm³/mol. The van der Waals surface area contributed by atoms with Crippen molar-refractivity contribution < 1.29 is 24.3 Å². The Morgan fingerprint density at radius 1 is 1.22 bits per heavy atom. The maximum atomic E-state index is 12.1. The van der Waals surface area contributed by atoms with Gasteiger partial charge in [0.2, 0.25) is 0 Å². The fourth-order valence-electron chi connectivity index (χ4n) is 2.69. The zero-order valence-electron chi connectivity index (χ0n) is 14.0. The van der Waals surface area contributed by atoms with E-state index in [0.717, 1.165) is 5.56 Å². The SMILES string of the molecule is O=C(Nc1cccc2c1O[C@H](C(=O)NO)CC2)OCc1ccc(Cl)c(Cl)c1. The van der Waals surface area contributed by atoms with Crippen molar-refractivity contribution in [1.29, 1.82) is 0 Å². The number of carbonyl (C=O) groups is 2. The quantitative estimate of drug-likeness (QED) is 0.523. The zero-order chi connectivity index (χ0) is 19.4. The number of nitrogens with one attached hydrogen (secondary N) is 2. The molecule has 0 bridgehead atoms. The van der Waals surface area contributed by atoms with Crippen LogP contribution >= 0.6 is 23.2 Å². The van der Waals surface area contributed by atoms with Crippen molar-refractivity contribution in [1.82, 2.24) is 5.48 Å². The highest BCUT2D eigenvalue weighted by Crippen LogP contribution is 2.35. The molecule has 1 atom stereocenters. The van der Waals surface area contributed by atoms with E-state index in [1.54, 1.807) is 35.8 Å². The molecular formula is C18H16Cl2N2O5. The van der Waals surface area contributed by atoms with Gasteiger partial charge in [0.15, 0.2) is 6.10 Å². The van der Waals surface area contributed by atoms with Gasteiger partial charge in [-0.15, -0.1) is 0 Å². The van der Waals surface area contributed by atoms with Crippen molar-refractivity contribution in [2.24, 2.45) is 0 Å². The Labute approximate surface area is 165 Å². The molecule has 3 rings (SSSR count). The third-order valence-corrected chi connectivity index (χ3v) is 4.76. The number of hydroxylamine groups is 1. The fourth-order valence-corrected chi connectivity index (χ4v) is 3.01. The Morgan fingerprint density at radius 3 is 2.78 bits per heavy atom. The summed E-state index contributed by atoms with van der Waals surface area (Å²) in [6.45, 7) is 0.00808. The summed E-state index contributed by atoms with van der Waals surface area (Å²) in [5.74, 6) is -0.263. The number of para-hydroxylation sites is 1. The molecule has 9 heteroatoms. The summed E-state index contributed by atoms with van der Waals surface area (Å²) >= 11 is 11.8. The molecule has 0 aliphatic carbocycles. The van der Waals surface area contributed by atoms with Crippen LogP contribution in [0.2, 0.25) is 10.0 Å². The largest absolute Gasteiger partial charge is 0.478 e. The lowest BCUT2D eigenvalue weighted by molar-refractivity contribution is -0.137. The van der Waals surface area contributed by atoms with Crippen LogP contribution < -0.4 is 15.5 Å². The number of benzene rings is 2. The number of rotatable bonds is 4. The summed E-state index contributed by atoms with van der Waals surface area (Å²) in [7, 11) is 0. The summed E-state index contributed by atoms with van der Waals surface area (Å²) in [4.78, 5) is 23.7. The molecule has 1 aliphatic rings. The van der Waals surface area contributed by atoms with Gasteiger partial charge in [0.1, 0.15) is 12.4 Å². The summed E-state index contributed by atoms with van der Waals surface area (Å²) in [5, 5.41) is 12.2. The minimum Gasteiger partial charge on any atom is -0.478 e. The van der Waals surface area contributed by atoms with E-state index in [0.29, 0.717) is 39.9 Å². The average molecular weight is 411 g/mol. The first kappa shape index (κ1) is 19.3. The Kier molecular flexibility index (Phi) is 6.05. The number of aryl methyl sites for hydroxylation is 1. The summed E-state index contributed by atoms with van der Waals surface area (Å²) < 4.78 is 10.8. The van der Waals surface area contributed by atoms with Gasteiger partial charge >= 0.3 is 6.09 Å². The second-order valence-electron chi connectivity index (χ2n) is 5.86. The van der Waals surface area contributed by atoms with Gasteiger partial charge in [-0.2, -0.15) is 0 Å². The molecule has 0 unspecified atom stereocenters. The number of anilines is 1. The molecule has 0 aromatic heterocycles. The Bertz CT molecular complexity index is 875. The number of carbonyl (C=O) groups excluding carboxylic acids is 2. The monoisotopic (exact) mass is 410 g/mol. The number of fused-ring (bicyclic) bond motifs is 1. The highest BCUT2D eigenvalue weighted by Gasteiger charge is 2.28. The van der Waals surface area contributed by atoms with Crippen LogP contribution in [0.1, 0.15) is 17.5 Å². The first-order valence-electron chi connectivity index (χ1n) is 8.08. The maximum absolute atomic E-state index is 12.1. The van der Waals surface area contributed by atoms with E-state index in [4.69, 9.17) is 37.9 Å². The summed E-state index contributed by atoms with van der Waals surface area (Å²) in [5.41, 5.74) is 3.49. The van der Waals surface area contributed by atoms with Crippen molar-refractivity contribution in [3.8, 4) is 5.75 Å². The van der Waals surface area contributed by atoms with E-state index in [1.165, 1.54) is 0 Å². The van der Waals surface area contributed by atoms with Gasteiger partial charge in [0.25, 0.3) is 5.91 Å². The smallest absolute Gasteiger partial charge is 0.412 e. The van der Waals surface area contributed by atoms with Crippen molar-refractivity contribution in [3.05, 3.63) is 57.6 Å². The predicted octanol–water partition coefficient (Wildman–Crippen LogP) is 3.94. The second-order valence-corrected chi connectivity index (χ2v) is 6.68. The van der Waals surface area contributed by atoms with Gasteiger partial charge in [-0.25, -0.2) is 10.3 Å². The highest BCUT2D eigenvalue weighted by atomic mass is 35.5. The van der Waals surface area contributed by atoms with E-state index >= 15 is 0 Å². The summed E-state index contributed by atoms with van der Waals surface area (Å²) in [6, 6.07) is 10.2. The molecule has 2 amide bonds. The van der Waals surface area contributed by atoms with E-state index in [1.807, 2.05) is 6.07 Å². The van der Waals surface area contributed by atoms with Crippen molar-refractivity contribution in [2.75, 3.05) is 5.32 Å². The topological polar surface area (TPSA) is 96.9 Å². The van der Waals surface area contributed by atoms with Gasteiger partial charge in [-0.3, -0.25) is 15.3 Å². The van der Waals surface area contributed by atoms with E-state index in [9.17, 15) is 9.59 Å². The van der Waals surface area contributed by atoms with Crippen molar-refractivity contribution >= 4 is 40.9 Å². The normalized spacial score (nSPS) is 15.3. The highest BCUT2D eigenvalue weighted by molar-refractivity contribution is 6.42. The molecule has 2 aromatic rings. The standard InChI is InChI=1S/C18H16Cl2N2O5/c19-12-6-4-10(8-13(12)20)9-26-18(24)21-14-3-1-2-11-5-7-15(17(23)22-25)27-16(11)14/h1-4,6,8,15,25H,5,7,9H2,(H,21,24)(H,22,23)/t15-/m0/s1. The molecule has 0 saturated carbocycles. The first-order chi connectivity index (χ1) is 13.0. The number of ether oxygens (including phenoxy) is 2. The Hall–Kier alpha value is -2.48. The van der Waals surface area contributed by atoms with E-state index in [-0.39, 0.29) is 6.61 Å². The molecule has 0 radical (unpaired) electrons. The second kappa shape index (κ2) is 8.47. The Balaban J connectivity index is 1.66. The number of hydrogen-bond donors (Lipinski definition) is 3. The fraction of sp³-hybridized carbons (Fsp3) is 0.222. The lowest BCUT2D eigenvalue weighted by atomic mass is 10.0. The van der Waals surface area contributed by atoms with Gasteiger partial charge in [-0.1, -0.05) is 41.4 Å². The number of amides is 2. The van der Waals surface area contributed by atoms with Crippen LogP contribution in [0.25, 0.3) is 0 Å². The van der Waals surface area contributed by atoms with E-state index < -0.39 is 18.1 Å². The van der Waals surface area contributed by atoms with Gasteiger partial charge in [-0.05, 0) is 42.2 Å². The zero-order valence-corrected chi connectivity index (χ0v) is 15.5. The molecule has 0 fully saturated rings. The molecule has 7 nitrogen and oxygen atoms in total. The Morgan fingerprint density at radius 2 is 2.04 bits per heavy atom. The van der Waals surface area contributed by atoms with Crippen LogP contribution in [-0.4, -0.2) is 23.3 Å². The van der Waals surface area contributed by atoms with Crippen LogP contribution in [0.3, 0.4) is 0 Å². The van der Waals surface area contributed by atoms with Crippen molar-refractivity contribution in [3.63, 3.8) is 0 Å². The molecule has 2 aromatic carbocycles. The van der Waals surface area contributed by atoms with E-state index in [2.05, 4.69) is 5.32 Å². The number of hydrogen-bond acceptors (Lipinski definition) is 5. The molecule has 142 valence electrons. The third-order valence-electron chi connectivity index (χ3n) is 4.03. The number of halogens is 2. The molecule has 27 heavy (non-hydrogen) atoms. The van der Waals surface area contributed by atoms with Crippen LogP contribution in [0.15, 0.2) is 36.4 Å². The molecule has 0 spiro atoms. The summed E-state index contributed by atoms with van der Waals surface area (Å²) in [6.07, 6.45) is -0.532. The molecule has 0 saturated heterocycles. The average Bonchev–Trinajstić information content (AvgIpc) is 2.68. The minimum absolute atomic E-state index is 0.00808. The van der Waals surface area contributed by atoms with Crippen LogP contribution in [0.5, 0.6) is 5.75 Å². The molecule has 1 aliphatic heterocycles. The lowest BCUT2D eigenvalue weighted by Gasteiger charge is -2.26. The van der Waals surface area contributed by atoms with Gasteiger partial charge in [0, 0.05) is 0 Å². The van der Waals surface area contributed by atoms with Crippen LogP contribution in [-0.2, 0) is 22.6 Å². The van der Waals surface area contributed by atoms with Crippen LogP contribution in [0.4, 0.5) is 10.5 Å².